The first-order valence-corrected chi connectivity index (χ1v) is 11.0. The van der Waals surface area contributed by atoms with Gasteiger partial charge in [0.05, 0.1) is 19.1 Å². The lowest BCUT2D eigenvalue weighted by atomic mass is 9.94. The first-order valence-electron chi connectivity index (χ1n) is 8.73. The zero-order valence-corrected chi connectivity index (χ0v) is 17.3. The molecule has 3 heterocycles. The molecule has 0 N–H and O–H groups in total. The molecule has 1 aliphatic rings. The highest BCUT2D eigenvalue weighted by molar-refractivity contribution is 7.91. The van der Waals surface area contributed by atoms with Gasteiger partial charge in [-0.15, -0.1) is 11.3 Å². The van der Waals surface area contributed by atoms with Crippen molar-refractivity contribution in [3.63, 3.8) is 0 Å². The van der Waals surface area contributed by atoms with E-state index >= 15 is 0 Å². The molecule has 0 radical (unpaired) electrons. The van der Waals surface area contributed by atoms with Gasteiger partial charge in [-0.3, -0.25) is 0 Å². The average Bonchev–Trinajstić information content (AvgIpc) is 3.38. The number of ether oxygens (including phenoxy) is 2. The molecule has 0 fully saturated rings. The number of thiophene rings is 1. The fourth-order valence-corrected chi connectivity index (χ4v) is 6.51. The van der Waals surface area contributed by atoms with Gasteiger partial charge in [-0.1, -0.05) is 5.16 Å². The number of fused-ring (bicyclic) bond motifs is 1. The van der Waals surface area contributed by atoms with Gasteiger partial charge < -0.3 is 14.0 Å². The molecule has 1 aromatic carbocycles. The van der Waals surface area contributed by atoms with Gasteiger partial charge >= 0.3 is 0 Å². The molecule has 0 saturated carbocycles. The van der Waals surface area contributed by atoms with Gasteiger partial charge in [-0.05, 0) is 48.7 Å². The lowest BCUT2D eigenvalue weighted by molar-refractivity contribution is 0.319. The number of methoxy groups -OCH3 is 2. The smallest absolute Gasteiger partial charge is 0.253 e. The van der Waals surface area contributed by atoms with Gasteiger partial charge in [0.2, 0.25) is 0 Å². The number of nitrogens with zero attached hydrogens (tertiary/aromatic N) is 2. The van der Waals surface area contributed by atoms with Crippen molar-refractivity contribution in [1.82, 2.24) is 9.46 Å². The number of benzene rings is 1. The summed E-state index contributed by atoms with van der Waals surface area (Å²) in [4.78, 5) is 0.754. The van der Waals surface area contributed by atoms with Gasteiger partial charge in [0.1, 0.15) is 16.2 Å². The van der Waals surface area contributed by atoms with Crippen LogP contribution in [0.5, 0.6) is 11.5 Å². The highest BCUT2D eigenvalue weighted by Crippen LogP contribution is 2.41. The molecule has 1 atom stereocenters. The molecule has 3 aromatic rings. The van der Waals surface area contributed by atoms with Gasteiger partial charge in [-0.2, -0.15) is 4.31 Å². The zero-order valence-electron chi connectivity index (χ0n) is 15.7. The standard InChI is InChI=1S/C19H20N2O5S2/c1-12-14-11-17(25-3)16(24-2)10-13(14)6-8-21(12)28(22,23)19-5-4-18(27-19)15-7-9-26-20-15/h4-5,7,9-12H,6,8H2,1-3H3. The highest BCUT2D eigenvalue weighted by Gasteiger charge is 2.35. The minimum Gasteiger partial charge on any atom is -0.493 e. The van der Waals surface area contributed by atoms with E-state index in [1.165, 1.54) is 17.6 Å². The molecule has 4 rings (SSSR count). The summed E-state index contributed by atoms with van der Waals surface area (Å²) in [6, 6.07) is 8.58. The topological polar surface area (TPSA) is 81.9 Å². The van der Waals surface area contributed by atoms with E-state index in [4.69, 9.17) is 14.0 Å². The summed E-state index contributed by atoms with van der Waals surface area (Å²) in [5.74, 6) is 1.25. The molecule has 1 aliphatic heterocycles. The second-order valence-electron chi connectivity index (χ2n) is 6.45. The minimum absolute atomic E-state index is 0.293. The number of hydrogen-bond acceptors (Lipinski definition) is 7. The number of hydrogen-bond donors (Lipinski definition) is 0. The van der Waals surface area contributed by atoms with Gasteiger partial charge in [0, 0.05) is 18.7 Å². The third kappa shape index (κ3) is 3.09. The molecule has 28 heavy (non-hydrogen) atoms. The monoisotopic (exact) mass is 420 g/mol. The Balaban J connectivity index is 1.68. The Morgan fingerprint density at radius 1 is 1.18 bits per heavy atom. The maximum absolute atomic E-state index is 13.3. The Hall–Kier alpha value is -2.36. The van der Waals surface area contributed by atoms with Crippen LogP contribution >= 0.6 is 11.3 Å². The molecule has 7 nitrogen and oxygen atoms in total. The first kappa shape index (κ1) is 19.0. The van der Waals surface area contributed by atoms with Crippen molar-refractivity contribution >= 4 is 21.4 Å². The summed E-state index contributed by atoms with van der Waals surface area (Å²) >= 11 is 1.19. The van der Waals surface area contributed by atoms with E-state index in [0.29, 0.717) is 34.4 Å². The van der Waals surface area contributed by atoms with E-state index < -0.39 is 10.0 Å². The second-order valence-corrected chi connectivity index (χ2v) is 9.65. The van der Waals surface area contributed by atoms with E-state index in [1.807, 2.05) is 19.1 Å². The lowest BCUT2D eigenvalue weighted by Crippen LogP contribution is -2.38. The molecule has 1 unspecified atom stereocenters. The summed E-state index contributed by atoms with van der Waals surface area (Å²) in [5.41, 5.74) is 2.63. The molecule has 9 heteroatoms. The van der Waals surface area contributed by atoms with E-state index in [2.05, 4.69) is 5.16 Å². The van der Waals surface area contributed by atoms with E-state index in [0.717, 1.165) is 16.0 Å². The quantitative estimate of drug-likeness (QED) is 0.626. The van der Waals surface area contributed by atoms with Crippen molar-refractivity contribution in [2.24, 2.45) is 0 Å². The fraction of sp³-hybridized carbons (Fsp3) is 0.316. The molecule has 148 valence electrons. The number of aromatic nitrogens is 1. The second kappa shape index (κ2) is 7.23. The van der Waals surface area contributed by atoms with Crippen LogP contribution in [0.25, 0.3) is 10.6 Å². The molecule has 0 amide bonds. The van der Waals surface area contributed by atoms with Crippen LogP contribution in [0.3, 0.4) is 0 Å². The van der Waals surface area contributed by atoms with Gasteiger partial charge in [0.25, 0.3) is 10.0 Å². The van der Waals surface area contributed by atoms with Crippen LogP contribution in [-0.4, -0.2) is 38.6 Å². The maximum Gasteiger partial charge on any atom is 0.253 e. The molecular weight excluding hydrogens is 400 g/mol. The summed E-state index contributed by atoms with van der Waals surface area (Å²) < 4.78 is 44.1. The molecular formula is C19H20N2O5S2. The maximum atomic E-state index is 13.3. The molecule has 0 aliphatic carbocycles. The van der Waals surface area contributed by atoms with Gasteiger partial charge in [0.15, 0.2) is 11.5 Å². The Bertz CT molecular complexity index is 1090. The van der Waals surface area contributed by atoms with Crippen molar-refractivity contribution in [1.29, 1.82) is 0 Å². The normalized spacial score (nSPS) is 17.3. The van der Waals surface area contributed by atoms with Crippen LogP contribution < -0.4 is 9.47 Å². The Morgan fingerprint density at radius 3 is 2.61 bits per heavy atom. The highest BCUT2D eigenvalue weighted by atomic mass is 32.2. The van der Waals surface area contributed by atoms with Crippen LogP contribution in [0.4, 0.5) is 0 Å². The summed E-state index contributed by atoms with van der Waals surface area (Å²) in [6.45, 7) is 2.30. The van der Waals surface area contributed by atoms with Crippen molar-refractivity contribution in [3.8, 4) is 22.1 Å². The van der Waals surface area contributed by atoms with E-state index in [1.54, 1.807) is 36.7 Å². The molecule has 0 spiro atoms. The first-order chi connectivity index (χ1) is 13.5. The largest absolute Gasteiger partial charge is 0.493 e. The third-order valence-electron chi connectivity index (χ3n) is 4.96. The van der Waals surface area contributed by atoms with Crippen LogP contribution in [0, 0.1) is 0 Å². The van der Waals surface area contributed by atoms with E-state index in [9.17, 15) is 8.42 Å². The Kier molecular flexibility index (Phi) is 4.90. The lowest BCUT2D eigenvalue weighted by Gasteiger charge is -2.34. The fourth-order valence-electron chi connectivity index (χ4n) is 3.50. The van der Waals surface area contributed by atoms with Crippen molar-refractivity contribution < 1.29 is 22.4 Å². The zero-order chi connectivity index (χ0) is 19.9. The molecule has 2 aromatic heterocycles. The summed E-state index contributed by atoms with van der Waals surface area (Å²) in [5, 5.41) is 3.88. The van der Waals surface area contributed by atoms with Crippen LogP contribution in [0.2, 0.25) is 0 Å². The van der Waals surface area contributed by atoms with Crippen molar-refractivity contribution in [2.45, 2.75) is 23.6 Å². The number of rotatable bonds is 5. The average molecular weight is 421 g/mol. The SMILES string of the molecule is COc1cc2c(cc1OC)C(C)N(S(=O)(=O)c1ccc(-c3ccon3)s1)CC2. The minimum atomic E-state index is -3.64. The predicted octanol–water partition coefficient (Wildman–Crippen LogP) is 3.73. The third-order valence-corrected chi connectivity index (χ3v) is 8.51. The Labute approximate surface area is 167 Å². The van der Waals surface area contributed by atoms with Crippen LogP contribution in [0.1, 0.15) is 24.1 Å². The van der Waals surface area contributed by atoms with Crippen molar-refractivity contribution in [3.05, 3.63) is 47.7 Å². The van der Waals surface area contributed by atoms with Crippen LogP contribution in [0.15, 0.2) is 45.3 Å². The van der Waals surface area contributed by atoms with Gasteiger partial charge in [-0.25, -0.2) is 8.42 Å². The van der Waals surface area contributed by atoms with Crippen molar-refractivity contribution in [2.75, 3.05) is 20.8 Å². The number of sulfonamides is 1. The van der Waals surface area contributed by atoms with E-state index in [-0.39, 0.29) is 6.04 Å². The molecule has 0 saturated heterocycles. The summed E-state index contributed by atoms with van der Waals surface area (Å²) in [6.07, 6.45) is 2.08. The summed E-state index contributed by atoms with van der Waals surface area (Å²) in [7, 11) is -0.472. The molecule has 0 bridgehead atoms. The predicted molar refractivity (Wildman–Crippen MR) is 105 cm³/mol. The Morgan fingerprint density at radius 2 is 1.93 bits per heavy atom. The van der Waals surface area contributed by atoms with Crippen LogP contribution in [-0.2, 0) is 16.4 Å².